The molecule has 17 heavy (non-hydrogen) atoms. The lowest BCUT2D eigenvalue weighted by Gasteiger charge is -2.34. The Morgan fingerprint density at radius 3 is 2.47 bits per heavy atom. The molecule has 0 bridgehead atoms. The van der Waals surface area contributed by atoms with Crippen LogP contribution < -0.4 is 0 Å². The highest BCUT2D eigenvalue weighted by Gasteiger charge is 2.44. The van der Waals surface area contributed by atoms with E-state index in [9.17, 15) is 14.4 Å². The molecule has 0 N–H and O–H groups in total. The van der Waals surface area contributed by atoms with Crippen LogP contribution in [0.3, 0.4) is 0 Å². The summed E-state index contributed by atoms with van der Waals surface area (Å²) in [6.45, 7) is 3.47. The summed E-state index contributed by atoms with van der Waals surface area (Å²) in [7, 11) is 0. The second kappa shape index (κ2) is 6.08. The van der Waals surface area contributed by atoms with Gasteiger partial charge in [-0.15, -0.1) is 0 Å². The lowest BCUT2D eigenvalue weighted by Crippen LogP contribution is -2.42. The molecule has 1 rings (SSSR count). The molecule has 0 aliphatic heterocycles. The summed E-state index contributed by atoms with van der Waals surface area (Å²) >= 11 is 0. The number of carbonyl (C=O) groups excluding carboxylic acids is 3. The van der Waals surface area contributed by atoms with E-state index in [1.807, 2.05) is 6.92 Å². The van der Waals surface area contributed by atoms with E-state index in [2.05, 4.69) is 0 Å². The van der Waals surface area contributed by atoms with Gasteiger partial charge in [0.15, 0.2) is 0 Å². The van der Waals surface area contributed by atoms with Gasteiger partial charge < -0.3 is 4.79 Å². The van der Waals surface area contributed by atoms with Crippen LogP contribution in [-0.4, -0.2) is 17.3 Å². The quantitative estimate of drug-likeness (QED) is 0.668. The molecule has 0 saturated heterocycles. The van der Waals surface area contributed by atoms with Crippen molar-refractivity contribution in [1.29, 1.82) is 0 Å². The topological polar surface area (TPSA) is 51.2 Å². The zero-order valence-electron chi connectivity index (χ0n) is 10.9. The summed E-state index contributed by atoms with van der Waals surface area (Å²) in [5.41, 5.74) is -0.820. The molecular weight excluding hydrogens is 216 g/mol. The summed E-state index contributed by atoms with van der Waals surface area (Å²) in [5, 5.41) is 0. The highest BCUT2D eigenvalue weighted by molar-refractivity contribution is 6.07. The average Bonchev–Trinajstić information content (AvgIpc) is 2.28. The van der Waals surface area contributed by atoms with E-state index < -0.39 is 5.41 Å². The fourth-order valence-corrected chi connectivity index (χ4v) is 2.65. The average molecular weight is 238 g/mol. The molecule has 96 valence electrons. The van der Waals surface area contributed by atoms with Crippen LogP contribution >= 0.6 is 0 Å². The van der Waals surface area contributed by atoms with Crippen molar-refractivity contribution in [2.45, 2.75) is 65.2 Å². The molecule has 0 aromatic heterocycles. The highest BCUT2D eigenvalue weighted by atomic mass is 16.2. The van der Waals surface area contributed by atoms with Gasteiger partial charge in [0.05, 0.1) is 5.41 Å². The third kappa shape index (κ3) is 3.24. The lowest BCUT2D eigenvalue weighted by atomic mass is 9.66. The maximum atomic E-state index is 12.2. The number of rotatable bonds is 6. The van der Waals surface area contributed by atoms with Crippen LogP contribution in [0.15, 0.2) is 0 Å². The molecule has 0 heterocycles. The van der Waals surface area contributed by atoms with Gasteiger partial charge in [-0.05, 0) is 32.6 Å². The molecule has 3 heteroatoms. The van der Waals surface area contributed by atoms with Crippen LogP contribution in [0.2, 0.25) is 0 Å². The Kier molecular flexibility index (Phi) is 5.03. The maximum Gasteiger partial charge on any atom is 0.146 e. The van der Waals surface area contributed by atoms with Gasteiger partial charge in [-0.1, -0.05) is 13.3 Å². The van der Waals surface area contributed by atoms with Crippen LogP contribution in [-0.2, 0) is 14.4 Å². The minimum absolute atomic E-state index is 0.0611. The minimum Gasteiger partial charge on any atom is -0.300 e. The van der Waals surface area contributed by atoms with Crippen LogP contribution in [0.5, 0.6) is 0 Å². The van der Waals surface area contributed by atoms with E-state index in [1.165, 1.54) is 6.92 Å². The summed E-state index contributed by atoms with van der Waals surface area (Å²) in [6.07, 6.45) is 4.99. The van der Waals surface area contributed by atoms with Crippen molar-refractivity contribution in [2.24, 2.45) is 5.41 Å². The van der Waals surface area contributed by atoms with Gasteiger partial charge in [-0.3, -0.25) is 9.59 Å². The molecular formula is C14H22O3. The highest BCUT2D eigenvalue weighted by Crippen LogP contribution is 2.39. The predicted octanol–water partition coefficient (Wildman–Crippen LogP) is 2.85. The molecule has 1 aliphatic rings. The monoisotopic (exact) mass is 238 g/mol. The number of hydrogen-bond donors (Lipinski definition) is 0. The zero-order chi connectivity index (χ0) is 12.9. The Morgan fingerprint density at radius 2 is 1.94 bits per heavy atom. The normalized spacial score (nSPS) is 24.7. The summed E-state index contributed by atoms with van der Waals surface area (Å²) in [6, 6.07) is 0. The summed E-state index contributed by atoms with van der Waals surface area (Å²) in [4.78, 5) is 35.4. The van der Waals surface area contributed by atoms with E-state index in [-0.39, 0.29) is 17.3 Å². The molecule has 0 aromatic carbocycles. The van der Waals surface area contributed by atoms with Crippen LogP contribution in [0.1, 0.15) is 65.2 Å². The number of hydrogen-bond acceptors (Lipinski definition) is 3. The smallest absolute Gasteiger partial charge is 0.146 e. The molecule has 1 aliphatic carbocycles. The summed E-state index contributed by atoms with van der Waals surface area (Å²) in [5.74, 6) is 0.196. The molecule has 0 aromatic rings. The lowest BCUT2D eigenvalue weighted by molar-refractivity contribution is -0.144. The van der Waals surface area contributed by atoms with Crippen molar-refractivity contribution in [3.63, 3.8) is 0 Å². The molecule has 0 amide bonds. The van der Waals surface area contributed by atoms with Crippen molar-refractivity contribution in [1.82, 2.24) is 0 Å². The first-order valence-corrected chi connectivity index (χ1v) is 6.59. The first-order chi connectivity index (χ1) is 8.03. The van der Waals surface area contributed by atoms with Gasteiger partial charge in [-0.2, -0.15) is 0 Å². The van der Waals surface area contributed by atoms with Crippen molar-refractivity contribution >= 4 is 17.3 Å². The Labute approximate surface area is 103 Å². The number of carbonyl (C=O) groups is 3. The molecule has 1 fully saturated rings. The Hall–Kier alpha value is -0.990. The van der Waals surface area contributed by atoms with Gasteiger partial charge in [0.2, 0.25) is 0 Å². The van der Waals surface area contributed by atoms with Gasteiger partial charge in [0, 0.05) is 19.3 Å². The standard InChI is InChI=1S/C14H22O3/c1-3-6-12(16)14(10-8-11(2)15)9-5-4-7-13(14)17/h3-10H2,1-2H3/t14-/m1/s1. The SMILES string of the molecule is CCCC(=O)[C@]1(CCC(C)=O)CCCCC1=O. The van der Waals surface area contributed by atoms with Crippen molar-refractivity contribution in [3.8, 4) is 0 Å². The fraction of sp³-hybridized carbons (Fsp3) is 0.786. The third-order valence-corrected chi connectivity index (χ3v) is 3.71. The molecule has 0 radical (unpaired) electrons. The molecule has 1 atom stereocenters. The largest absolute Gasteiger partial charge is 0.300 e. The van der Waals surface area contributed by atoms with Crippen molar-refractivity contribution in [2.75, 3.05) is 0 Å². The second-order valence-corrected chi connectivity index (χ2v) is 5.09. The summed E-state index contributed by atoms with van der Waals surface area (Å²) < 4.78 is 0. The van der Waals surface area contributed by atoms with E-state index in [4.69, 9.17) is 0 Å². The van der Waals surface area contributed by atoms with Crippen LogP contribution in [0.25, 0.3) is 0 Å². The predicted molar refractivity (Wildman–Crippen MR) is 65.7 cm³/mol. The van der Waals surface area contributed by atoms with Gasteiger partial charge in [0.1, 0.15) is 17.3 Å². The molecule has 3 nitrogen and oxygen atoms in total. The maximum absolute atomic E-state index is 12.2. The first-order valence-electron chi connectivity index (χ1n) is 6.59. The Bertz CT molecular complexity index is 319. The van der Waals surface area contributed by atoms with Crippen LogP contribution in [0.4, 0.5) is 0 Å². The van der Waals surface area contributed by atoms with Gasteiger partial charge in [0.25, 0.3) is 0 Å². The minimum atomic E-state index is -0.820. The van der Waals surface area contributed by atoms with Gasteiger partial charge >= 0.3 is 0 Å². The Morgan fingerprint density at radius 1 is 1.24 bits per heavy atom. The van der Waals surface area contributed by atoms with Crippen LogP contribution in [0, 0.1) is 5.41 Å². The van der Waals surface area contributed by atoms with Crippen molar-refractivity contribution < 1.29 is 14.4 Å². The number of Topliss-reactive ketones (excluding diaryl/α,β-unsaturated/α-hetero) is 3. The first kappa shape index (κ1) is 14.1. The Balaban J connectivity index is 2.85. The van der Waals surface area contributed by atoms with Gasteiger partial charge in [-0.25, -0.2) is 0 Å². The molecule has 1 saturated carbocycles. The van der Waals surface area contributed by atoms with E-state index in [0.717, 1.165) is 19.3 Å². The molecule has 0 unspecified atom stereocenters. The van der Waals surface area contributed by atoms with E-state index in [0.29, 0.717) is 32.1 Å². The fourth-order valence-electron chi connectivity index (χ4n) is 2.65. The number of ketones is 3. The van der Waals surface area contributed by atoms with Crippen molar-refractivity contribution in [3.05, 3.63) is 0 Å². The third-order valence-electron chi connectivity index (χ3n) is 3.71. The van der Waals surface area contributed by atoms with E-state index in [1.54, 1.807) is 0 Å². The van der Waals surface area contributed by atoms with E-state index >= 15 is 0 Å². The zero-order valence-corrected chi connectivity index (χ0v) is 10.9. The molecule has 0 spiro atoms. The second-order valence-electron chi connectivity index (χ2n) is 5.09.